The molecule has 1 saturated carbocycles. The molecule has 1 aliphatic rings. The van der Waals surface area contributed by atoms with Crippen LogP contribution in [-0.4, -0.2) is 33.0 Å². The van der Waals surface area contributed by atoms with E-state index in [1.807, 2.05) is 50.2 Å². The molecule has 5 rings (SSSR count). The SMILES string of the molecule is CC1CCC(C(=O)N(c2cc(-c3ccc(-c4cc5ncccc5o4)nc3)sc2C(=O)O)C(C)C)CC1. The number of rotatable bonds is 6. The highest BCUT2D eigenvalue weighted by Crippen LogP contribution is 2.40. The molecular formula is C28H29N3O4S. The summed E-state index contributed by atoms with van der Waals surface area (Å²) in [7, 11) is 0. The van der Waals surface area contributed by atoms with Gasteiger partial charge in [0.05, 0.1) is 5.69 Å². The second kappa shape index (κ2) is 9.85. The van der Waals surface area contributed by atoms with Crippen molar-refractivity contribution in [2.75, 3.05) is 4.90 Å². The Labute approximate surface area is 213 Å². The summed E-state index contributed by atoms with van der Waals surface area (Å²) in [5.74, 6) is 0.182. The number of hydrogen-bond acceptors (Lipinski definition) is 6. The molecule has 4 aromatic heterocycles. The fraction of sp³-hybridized carbons (Fsp3) is 0.357. The largest absolute Gasteiger partial charge is 0.477 e. The zero-order valence-corrected chi connectivity index (χ0v) is 21.4. The van der Waals surface area contributed by atoms with E-state index in [0.29, 0.717) is 28.6 Å². The number of furan rings is 1. The van der Waals surface area contributed by atoms with E-state index in [-0.39, 0.29) is 22.7 Å². The molecule has 36 heavy (non-hydrogen) atoms. The first-order valence-corrected chi connectivity index (χ1v) is 13.1. The maximum atomic E-state index is 13.6. The topological polar surface area (TPSA) is 96.5 Å². The van der Waals surface area contributed by atoms with E-state index in [1.54, 1.807) is 17.3 Å². The van der Waals surface area contributed by atoms with Gasteiger partial charge in [0.15, 0.2) is 11.3 Å². The summed E-state index contributed by atoms with van der Waals surface area (Å²) in [4.78, 5) is 37.2. The summed E-state index contributed by atoms with van der Waals surface area (Å²) in [6.07, 6.45) is 7.19. The first-order chi connectivity index (χ1) is 17.3. The predicted octanol–water partition coefficient (Wildman–Crippen LogP) is 6.88. The van der Waals surface area contributed by atoms with Gasteiger partial charge in [0.2, 0.25) is 5.91 Å². The summed E-state index contributed by atoms with van der Waals surface area (Å²) in [6.45, 7) is 6.09. The zero-order valence-electron chi connectivity index (χ0n) is 20.6. The number of carboxylic acid groups (broad SMARTS) is 1. The third kappa shape index (κ3) is 4.65. The number of pyridine rings is 2. The number of nitrogens with zero attached hydrogens (tertiary/aromatic N) is 3. The maximum Gasteiger partial charge on any atom is 0.348 e. The molecule has 4 aromatic rings. The Bertz CT molecular complexity index is 1360. The number of carboxylic acids is 1. The van der Waals surface area contributed by atoms with Crippen molar-refractivity contribution in [1.29, 1.82) is 0 Å². The first kappa shape index (κ1) is 24.2. The Hall–Kier alpha value is -3.52. The Morgan fingerprint density at radius 1 is 1.11 bits per heavy atom. The smallest absolute Gasteiger partial charge is 0.348 e. The van der Waals surface area contributed by atoms with Crippen molar-refractivity contribution in [2.24, 2.45) is 11.8 Å². The molecule has 1 amide bonds. The maximum absolute atomic E-state index is 13.6. The van der Waals surface area contributed by atoms with Gasteiger partial charge >= 0.3 is 5.97 Å². The molecule has 0 bridgehead atoms. The molecule has 0 atom stereocenters. The molecular weight excluding hydrogens is 474 g/mol. The van der Waals surface area contributed by atoms with Gasteiger partial charge in [-0.3, -0.25) is 14.8 Å². The van der Waals surface area contributed by atoms with Crippen LogP contribution in [0.3, 0.4) is 0 Å². The molecule has 0 radical (unpaired) electrons. The van der Waals surface area contributed by atoms with Crippen molar-refractivity contribution in [1.82, 2.24) is 9.97 Å². The van der Waals surface area contributed by atoms with Crippen LogP contribution in [0, 0.1) is 11.8 Å². The van der Waals surface area contributed by atoms with E-state index in [1.165, 1.54) is 11.3 Å². The van der Waals surface area contributed by atoms with Crippen molar-refractivity contribution in [3.05, 3.63) is 53.7 Å². The van der Waals surface area contributed by atoms with Crippen molar-refractivity contribution in [2.45, 2.75) is 52.5 Å². The average molecular weight is 504 g/mol. The quantitative estimate of drug-likeness (QED) is 0.308. The van der Waals surface area contributed by atoms with Crippen LogP contribution in [0.25, 0.3) is 33.0 Å². The summed E-state index contributed by atoms with van der Waals surface area (Å²) in [5, 5.41) is 9.98. The lowest BCUT2D eigenvalue weighted by Gasteiger charge is -2.33. The van der Waals surface area contributed by atoms with Crippen LogP contribution < -0.4 is 4.90 Å². The normalized spacial score (nSPS) is 18.0. The first-order valence-electron chi connectivity index (χ1n) is 12.3. The van der Waals surface area contributed by atoms with E-state index in [2.05, 4.69) is 16.9 Å². The molecule has 0 aromatic carbocycles. The third-order valence-corrected chi connectivity index (χ3v) is 8.03. The van der Waals surface area contributed by atoms with Crippen molar-refractivity contribution in [3.8, 4) is 21.9 Å². The van der Waals surface area contributed by atoms with Gasteiger partial charge in [-0.05, 0) is 75.8 Å². The van der Waals surface area contributed by atoms with Crippen LogP contribution in [-0.2, 0) is 4.79 Å². The number of carbonyl (C=O) groups excluding carboxylic acids is 1. The van der Waals surface area contributed by atoms with E-state index in [9.17, 15) is 14.7 Å². The highest BCUT2D eigenvalue weighted by Gasteiger charge is 2.33. The highest BCUT2D eigenvalue weighted by atomic mass is 32.1. The highest BCUT2D eigenvalue weighted by molar-refractivity contribution is 7.18. The molecule has 186 valence electrons. The van der Waals surface area contributed by atoms with Gasteiger partial charge in [-0.25, -0.2) is 4.79 Å². The third-order valence-electron chi connectivity index (χ3n) is 6.87. The van der Waals surface area contributed by atoms with Gasteiger partial charge in [0.25, 0.3) is 0 Å². The second-order valence-corrected chi connectivity index (χ2v) is 10.9. The molecule has 8 heteroatoms. The van der Waals surface area contributed by atoms with Crippen LogP contribution >= 0.6 is 11.3 Å². The van der Waals surface area contributed by atoms with E-state index >= 15 is 0 Å². The summed E-state index contributed by atoms with van der Waals surface area (Å²) >= 11 is 1.17. The van der Waals surface area contributed by atoms with Gasteiger partial charge in [-0.1, -0.05) is 6.92 Å². The minimum atomic E-state index is -1.03. The lowest BCUT2D eigenvalue weighted by molar-refractivity contribution is -0.123. The van der Waals surface area contributed by atoms with Gasteiger partial charge in [-0.15, -0.1) is 11.3 Å². The van der Waals surface area contributed by atoms with Gasteiger partial charge in [0, 0.05) is 40.9 Å². The standard InChI is InChI=1S/C28H29N3O4S/c1-16(2)31(27(32)18-8-6-17(3)7-9-18)22-14-25(36-26(22)28(33)34)19-10-11-20(30-15-19)24-13-21-23(35-24)5-4-12-29-21/h4-5,10-18H,6-9H2,1-3H3,(H,33,34). The number of fused-ring (bicyclic) bond motifs is 1. The molecule has 0 unspecified atom stereocenters. The fourth-order valence-electron chi connectivity index (χ4n) is 4.89. The molecule has 0 aliphatic heterocycles. The van der Waals surface area contributed by atoms with Crippen LogP contribution in [0.5, 0.6) is 0 Å². The van der Waals surface area contributed by atoms with Crippen LogP contribution in [0.15, 0.2) is 53.2 Å². The van der Waals surface area contributed by atoms with Crippen molar-refractivity contribution < 1.29 is 19.1 Å². The lowest BCUT2D eigenvalue weighted by atomic mass is 9.82. The number of aromatic carboxylic acids is 1. The van der Waals surface area contributed by atoms with E-state index < -0.39 is 5.97 Å². The number of hydrogen-bond donors (Lipinski definition) is 1. The van der Waals surface area contributed by atoms with Crippen molar-refractivity contribution in [3.63, 3.8) is 0 Å². The molecule has 7 nitrogen and oxygen atoms in total. The molecule has 0 spiro atoms. The predicted molar refractivity (Wildman–Crippen MR) is 141 cm³/mol. The Morgan fingerprint density at radius 3 is 2.53 bits per heavy atom. The summed E-state index contributed by atoms with van der Waals surface area (Å²) < 4.78 is 5.86. The molecule has 1 aliphatic carbocycles. The van der Waals surface area contributed by atoms with Crippen molar-refractivity contribution >= 4 is 40.0 Å². The average Bonchev–Trinajstić information content (AvgIpc) is 3.49. The summed E-state index contributed by atoms with van der Waals surface area (Å²) in [5.41, 5.74) is 3.37. The number of anilines is 1. The Balaban J connectivity index is 1.46. The zero-order chi connectivity index (χ0) is 25.4. The molecule has 4 heterocycles. The minimum absolute atomic E-state index is 0.0238. The number of carbonyl (C=O) groups is 2. The van der Waals surface area contributed by atoms with E-state index in [4.69, 9.17) is 4.42 Å². The molecule has 1 fully saturated rings. The Kier molecular flexibility index (Phi) is 6.62. The lowest BCUT2D eigenvalue weighted by Crippen LogP contribution is -2.42. The number of thiophene rings is 1. The number of amides is 1. The molecule has 0 saturated heterocycles. The minimum Gasteiger partial charge on any atom is -0.477 e. The van der Waals surface area contributed by atoms with Crippen LogP contribution in [0.2, 0.25) is 0 Å². The van der Waals surface area contributed by atoms with Crippen LogP contribution in [0.1, 0.15) is 56.1 Å². The monoisotopic (exact) mass is 503 g/mol. The van der Waals surface area contributed by atoms with Gasteiger partial charge in [-0.2, -0.15) is 0 Å². The van der Waals surface area contributed by atoms with Gasteiger partial charge in [0.1, 0.15) is 16.1 Å². The van der Waals surface area contributed by atoms with E-state index in [0.717, 1.165) is 41.6 Å². The fourth-order valence-corrected chi connectivity index (χ4v) is 5.87. The van der Waals surface area contributed by atoms with Crippen LogP contribution in [0.4, 0.5) is 5.69 Å². The second-order valence-electron chi connectivity index (χ2n) is 9.82. The van der Waals surface area contributed by atoms with Gasteiger partial charge < -0.3 is 14.4 Å². The summed E-state index contributed by atoms with van der Waals surface area (Å²) in [6, 6.07) is 10.9. The molecule has 1 N–H and O–H groups in total. The number of aromatic nitrogens is 2. The Morgan fingerprint density at radius 2 is 1.89 bits per heavy atom.